The second kappa shape index (κ2) is 10.7. The van der Waals surface area contributed by atoms with Crippen molar-refractivity contribution in [2.24, 2.45) is 5.16 Å². The SMILES string of the molecule is CN(C)c1cnc2nc(NC(=O)/C(=N/O[C@@H]3CCOC3)c3ccc(S(=O)(=O)[C@H]4CCOC4)cc3)sc2n1. The number of anilines is 2. The number of rotatable bonds is 8. The average Bonchev–Trinajstić information content (AvgIpc) is 3.66. The van der Waals surface area contributed by atoms with Crippen LogP contribution in [0.25, 0.3) is 10.5 Å². The van der Waals surface area contributed by atoms with Crippen LogP contribution in [0.15, 0.2) is 40.5 Å². The van der Waals surface area contributed by atoms with Crippen molar-refractivity contribution in [3.63, 3.8) is 0 Å². The van der Waals surface area contributed by atoms with Gasteiger partial charge in [-0.05, 0) is 18.6 Å². The smallest absolute Gasteiger partial charge is 0.280 e. The number of sulfone groups is 1. The van der Waals surface area contributed by atoms with Gasteiger partial charge in [0.15, 0.2) is 37.3 Å². The lowest BCUT2D eigenvalue weighted by Gasteiger charge is -2.12. The first-order valence-electron chi connectivity index (χ1n) is 11.7. The lowest BCUT2D eigenvalue weighted by Crippen LogP contribution is -2.25. The zero-order valence-corrected chi connectivity index (χ0v) is 21.9. The van der Waals surface area contributed by atoms with Gasteiger partial charge >= 0.3 is 0 Å². The van der Waals surface area contributed by atoms with Crippen LogP contribution in [0.4, 0.5) is 10.9 Å². The molecule has 196 valence electrons. The van der Waals surface area contributed by atoms with Crippen LogP contribution in [0, 0.1) is 0 Å². The number of fused-ring (bicyclic) bond motifs is 1. The van der Waals surface area contributed by atoms with E-state index in [-0.39, 0.29) is 23.3 Å². The van der Waals surface area contributed by atoms with Gasteiger partial charge in [0, 0.05) is 32.7 Å². The van der Waals surface area contributed by atoms with Crippen LogP contribution in [0.2, 0.25) is 0 Å². The van der Waals surface area contributed by atoms with Crippen molar-refractivity contribution in [2.75, 3.05) is 50.7 Å². The summed E-state index contributed by atoms with van der Waals surface area (Å²) in [4.78, 5) is 34.6. The molecule has 12 nitrogen and oxygen atoms in total. The second-order valence-corrected chi connectivity index (χ2v) is 12.0. The highest BCUT2D eigenvalue weighted by molar-refractivity contribution is 7.92. The van der Waals surface area contributed by atoms with Crippen LogP contribution in [-0.4, -0.2) is 86.9 Å². The maximum absolute atomic E-state index is 13.3. The van der Waals surface area contributed by atoms with Crippen molar-refractivity contribution in [1.82, 2.24) is 15.0 Å². The van der Waals surface area contributed by atoms with E-state index in [2.05, 4.69) is 25.4 Å². The molecule has 1 aromatic carbocycles. The van der Waals surface area contributed by atoms with E-state index in [0.717, 1.165) is 0 Å². The molecule has 0 radical (unpaired) electrons. The number of carbonyl (C=O) groups is 1. The normalized spacial score (nSPS) is 20.3. The fourth-order valence-corrected chi connectivity index (χ4v) is 6.21. The number of benzene rings is 1. The van der Waals surface area contributed by atoms with Gasteiger partial charge in [0.05, 0.1) is 36.2 Å². The fraction of sp³-hybridized carbons (Fsp3) is 0.435. The van der Waals surface area contributed by atoms with Gasteiger partial charge < -0.3 is 19.2 Å². The molecule has 1 amide bonds. The third kappa shape index (κ3) is 5.56. The zero-order chi connectivity index (χ0) is 26.0. The summed E-state index contributed by atoms with van der Waals surface area (Å²) >= 11 is 1.18. The van der Waals surface area contributed by atoms with E-state index in [1.807, 2.05) is 19.0 Å². The number of aromatic nitrogens is 3. The first kappa shape index (κ1) is 25.4. The summed E-state index contributed by atoms with van der Waals surface area (Å²) in [6, 6.07) is 6.03. The molecule has 3 aromatic rings. The highest BCUT2D eigenvalue weighted by Gasteiger charge is 2.31. The molecule has 4 heterocycles. The van der Waals surface area contributed by atoms with Crippen LogP contribution in [-0.2, 0) is 28.9 Å². The van der Waals surface area contributed by atoms with Gasteiger partial charge in [0.1, 0.15) is 5.82 Å². The van der Waals surface area contributed by atoms with Gasteiger partial charge in [0.25, 0.3) is 5.91 Å². The Bertz CT molecular complexity index is 1410. The Morgan fingerprint density at radius 1 is 1.14 bits per heavy atom. The Balaban J connectivity index is 1.40. The number of amides is 1. The highest BCUT2D eigenvalue weighted by Crippen LogP contribution is 2.26. The van der Waals surface area contributed by atoms with E-state index in [0.29, 0.717) is 59.7 Å². The standard InChI is InChI=1S/C23H26N6O6S2/c1-29(2)18-11-24-20-22(25-18)36-23(26-20)27-21(30)19(28-35-15-7-9-33-12-15)14-3-5-16(6-4-14)37(31,32)17-8-10-34-13-17/h3-6,11,15,17H,7-10,12-13H2,1-2H3,(H,24,26,27,30)/b28-19+/t15-,17+/m1/s1. The van der Waals surface area contributed by atoms with Gasteiger partial charge in [0.2, 0.25) is 0 Å². The van der Waals surface area contributed by atoms with Crippen molar-refractivity contribution in [3.8, 4) is 0 Å². The largest absolute Gasteiger partial charge is 0.389 e. The van der Waals surface area contributed by atoms with Crippen molar-refractivity contribution in [1.29, 1.82) is 0 Å². The van der Waals surface area contributed by atoms with Crippen LogP contribution in [0.3, 0.4) is 0 Å². The van der Waals surface area contributed by atoms with Gasteiger partial charge in [-0.25, -0.2) is 18.4 Å². The molecule has 2 aromatic heterocycles. The number of oxime groups is 1. The van der Waals surface area contributed by atoms with Gasteiger partial charge in [-0.3, -0.25) is 10.1 Å². The van der Waals surface area contributed by atoms with Crippen LogP contribution in [0.1, 0.15) is 18.4 Å². The number of nitrogens with one attached hydrogen (secondary N) is 1. The number of nitrogens with zero attached hydrogens (tertiary/aromatic N) is 5. The number of hydrogen-bond donors (Lipinski definition) is 1. The lowest BCUT2D eigenvalue weighted by atomic mass is 10.1. The summed E-state index contributed by atoms with van der Waals surface area (Å²) in [5.41, 5.74) is 0.786. The van der Waals surface area contributed by atoms with Gasteiger partial charge in [-0.15, -0.1) is 0 Å². The van der Waals surface area contributed by atoms with E-state index in [4.69, 9.17) is 14.3 Å². The molecule has 0 spiro atoms. The maximum Gasteiger partial charge on any atom is 0.280 e. The predicted octanol–water partition coefficient (Wildman–Crippen LogP) is 1.86. The Labute approximate surface area is 217 Å². The van der Waals surface area contributed by atoms with E-state index in [1.54, 1.807) is 18.3 Å². The number of hydrogen-bond acceptors (Lipinski definition) is 12. The molecule has 0 aliphatic carbocycles. The molecule has 2 aliphatic rings. The minimum Gasteiger partial charge on any atom is -0.389 e. The second-order valence-electron chi connectivity index (χ2n) is 8.81. The summed E-state index contributed by atoms with van der Waals surface area (Å²) in [7, 11) is 0.175. The van der Waals surface area contributed by atoms with Crippen molar-refractivity contribution in [2.45, 2.75) is 29.1 Å². The zero-order valence-electron chi connectivity index (χ0n) is 20.3. The first-order chi connectivity index (χ1) is 17.8. The summed E-state index contributed by atoms with van der Waals surface area (Å²) in [5.74, 6) is 0.105. The fourth-order valence-electron chi connectivity index (χ4n) is 3.84. The number of ether oxygens (including phenoxy) is 2. The molecular weight excluding hydrogens is 520 g/mol. The highest BCUT2D eigenvalue weighted by atomic mass is 32.2. The van der Waals surface area contributed by atoms with Crippen LogP contribution < -0.4 is 10.2 Å². The van der Waals surface area contributed by atoms with Gasteiger partial charge in [-0.1, -0.05) is 28.6 Å². The first-order valence-corrected chi connectivity index (χ1v) is 14.0. The molecule has 0 bridgehead atoms. The monoisotopic (exact) mass is 546 g/mol. The summed E-state index contributed by atoms with van der Waals surface area (Å²) in [6.07, 6.45) is 2.44. The Kier molecular flexibility index (Phi) is 7.33. The average molecular weight is 547 g/mol. The third-order valence-electron chi connectivity index (χ3n) is 5.97. The minimum atomic E-state index is -3.54. The third-order valence-corrected chi connectivity index (χ3v) is 9.00. The quantitative estimate of drug-likeness (QED) is 0.328. The lowest BCUT2D eigenvalue weighted by molar-refractivity contribution is -0.110. The molecule has 0 unspecified atom stereocenters. The minimum absolute atomic E-state index is 0.0193. The van der Waals surface area contributed by atoms with Gasteiger partial charge in [-0.2, -0.15) is 4.98 Å². The summed E-state index contributed by atoms with van der Waals surface area (Å²) < 4.78 is 36.3. The number of carbonyl (C=O) groups excluding carboxylic acids is 1. The van der Waals surface area contributed by atoms with E-state index in [9.17, 15) is 13.2 Å². The molecule has 14 heteroatoms. The Hall–Kier alpha value is -3.20. The molecule has 5 rings (SSSR count). The predicted molar refractivity (Wildman–Crippen MR) is 138 cm³/mol. The molecule has 37 heavy (non-hydrogen) atoms. The molecule has 2 aliphatic heterocycles. The summed E-state index contributed by atoms with van der Waals surface area (Å²) in [5, 5.41) is 6.59. The Morgan fingerprint density at radius 2 is 1.89 bits per heavy atom. The molecule has 0 saturated carbocycles. The molecular formula is C23H26N6O6S2. The topological polar surface area (TPSA) is 145 Å². The van der Waals surface area contributed by atoms with Crippen molar-refractivity contribution in [3.05, 3.63) is 36.0 Å². The van der Waals surface area contributed by atoms with Crippen LogP contribution in [0.5, 0.6) is 0 Å². The van der Waals surface area contributed by atoms with E-state index in [1.165, 1.54) is 23.5 Å². The van der Waals surface area contributed by atoms with E-state index < -0.39 is 21.0 Å². The van der Waals surface area contributed by atoms with Crippen molar-refractivity contribution >= 4 is 54.2 Å². The molecule has 2 fully saturated rings. The number of thiazole rings is 1. The summed E-state index contributed by atoms with van der Waals surface area (Å²) in [6.45, 7) is 1.54. The molecule has 1 N–H and O–H groups in total. The molecule has 2 atom stereocenters. The van der Waals surface area contributed by atoms with Crippen LogP contribution >= 0.6 is 11.3 Å². The molecule has 2 saturated heterocycles. The Morgan fingerprint density at radius 3 is 2.57 bits per heavy atom. The van der Waals surface area contributed by atoms with Crippen molar-refractivity contribution < 1.29 is 27.5 Å². The maximum atomic E-state index is 13.3. The van der Waals surface area contributed by atoms with E-state index >= 15 is 0 Å².